The van der Waals surface area contributed by atoms with Gasteiger partial charge in [-0.3, -0.25) is 4.79 Å². The molecule has 1 aliphatic carbocycles. The summed E-state index contributed by atoms with van der Waals surface area (Å²) in [5.41, 5.74) is 1.20. The average Bonchev–Trinajstić information content (AvgIpc) is 3.43. The molecule has 0 bridgehead atoms. The molecule has 146 valence electrons. The average molecular weight is 426 g/mol. The number of nitrogens with one attached hydrogen (secondary N) is 1. The van der Waals surface area contributed by atoms with Gasteiger partial charge in [-0.1, -0.05) is 23.2 Å². The molecule has 4 rings (SSSR count). The van der Waals surface area contributed by atoms with E-state index in [0.717, 1.165) is 12.8 Å². The Morgan fingerprint density at radius 2 is 2.11 bits per heavy atom. The second-order valence-corrected chi connectivity index (χ2v) is 7.53. The fraction of sp³-hybridized carbons (Fsp3) is 0.333. The van der Waals surface area contributed by atoms with Crippen molar-refractivity contribution in [3.8, 4) is 0 Å². The van der Waals surface area contributed by atoms with Gasteiger partial charge in [-0.05, 0) is 31.9 Å². The molecule has 1 fully saturated rings. The number of alkyl halides is 2. The molecule has 0 spiro atoms. The number of nitrogens with zero attached hydrogens (tertiary/aromatic N) is 4. The second-order valence-electron chi connectivity index (χ2n) is 6.69. The molecule has 6 nitrogen and oxygen atoms in total. The van der Waals surface area contributed by atoms with Gasteiger partial charge in [0.05, 0.1) is 21.1 Å². The number of aryl methyl sites for hydroxylation is 1. The molecular formula is C18H15Cl2F2N5O. The molecule has 3 aromatic rings. The first kappa shape index (κ1) is 19.0. The predicted molar refractivity (Wildman–Crippen MR) is 102 cm³/mol. The third kappa shape index (κ3) is 3.66. The molecule has 3 heterocycles. The highest BCUT2D eigenvalue weighted by Gasteiger charge is 2.29. The molecule has 0 aromatic carbocycles. The number of hydrogen-bond acceptors (Lipinski definition) is 4. The fourth-order valence-corrected chi connectivity index (χ4v) is 3.52. The summed E-state index contributed by atoms with van der Waals surface area (Å²) in [4.78, 5) is 20.9. The molecular weight excluding hydrogens is 411 g/mol. The van der Waals surface area contributed by atoms with Crippen molar-refractivity contribution >= 4 is 46.0 Å². The lowest BCUT2D eigenvalue weighted by molar-refractivity contribution is -0.116. The molecule has 3 aromatic heterocycles. The molecule has 0 aliphatic heterocycles. The van der Waals surface area contributed by atoms with Gasteiger partial charge in [-0.15, -0.1) is 0 Å². The number of pyridine rings is 2. The summed E-state index contributed by atoms with van der Waals surface area (Å²) in [6.45, 7) is 1.41. The normalized spacial score (nSPS) is 14.1. The van der Waals surface area contributed by atoms with Gasteiger partial charge in [0.1, 0.15) is 6.54 Å². The summed E-state index contributed by atoms with van der Waals surface area (Å²) in [7, 11) is 0. The monoisotopic (exact) mass is 425 g/mol. The van der Waals surface area contributed by atoms with Crippen LogP contribution in [0.4, 0.5) is 14.6 Å². The summed E-state index contributed by atoms with van der Waals surface area (Å²) in [6, 6.07) is 2.92. The maximum absolute atomic E-state index is 13.6. The highest BCUT2D eigenvalue weighted by atomic mass is 35.5. The minimum absolute atomic E-state index is 0.0986. The highest BCUT2D eigenvalue weighted by Crippen LogP contribution is 2.41. The largest absolute Gasteiger partial charge is 0.308 e. The van der Waals surface area contributed by atoms with E-state index >= 15 is 0 Å². The van der Waals surface area contributed by atoms with E-state index in [0.29, 0.717) is 16.4 Å². The summed E-state index contributed by atoms with van der Waals surface area (Å²) < 4.78 is 28.5. The van der Waals surface area contributed by atoms with Gasteiger partial charge in [0.15, 0.2) is 11.5 Å². The predicted octanol–water partition coefficient (Wildman–Crippen LogP) is 4.90. The van der Waals surface area contributed by atoms with Crippen molar-refractivity contribution < 1.29 is 13.6 Å². The third-order valence-electron chi connectivity index (χ3n) is 4.52. The van der Waals surface area contributed by atoms with E-state index in [9.17, 15) is 13.6 Å². The molecule has 1 aliphatic rings. The van der Waals surface area contributed by atoms with Gasteiger partial charge < -0.3 is 5.32 Å². The Bertz CT molecular complexity index is 1080. The number of anilines is 1. The summed E-state index contributed by atoms with van der Waals surface area (Å²) in [5.74, 6) is -0.112. The summed E-state index contributed by atoms with van der Waals surface area (Å²) in [5, 5.41) is 7.65. The van der Waals surface area contributed by atoms with E-state index in [1.54, 1.807) is 6.92 Å². The number of amides is 1. The minimum Gasteiger partial charge on any atom is -0.308 e. The van der Waals surface area contributed by atoms with Gasteiger partial charge >= 0.3 is 0 Å². The quantitative estimate of drug-likeness (QED) is 0.630. The summed E-state index contributed by atoms with van der Waals surface area (Å²) in [6.07, 6.45) is 0.560. The second kappa shape index (κ2) is 7.25. The molecule has 1 amide bonds. The molecule has 28 heavy (non-hydrogen) atoms. The van der Waals surface area contributed by atoms with Crippen LogP contribution in [-0.2, 0) is 11.3 Å². The fourth-order valence-electron chi connectivity index (χ4n) is 3.09. The van der Waals surface area contributed by atoms with Crippen LogP contribution in [-0.4, -0.2) is 25.7 Å². The smallest absolute Gasteiger partial charge is 0.264 e. The Morgan fingerprint density at radius 3 is 2.75 bits per heavy atom. The van der Waals surface area contributed by atoms with Gasteiger partial charge in [0.2, 0.25) is 5.91 Å². The topological polar surface area (TPSA) is 72.7 Å². The lowest BCUT2D eigenvalue weighted by Crippen LogP contribution is -2.20. The van der Waals surface area contributed by atoms with Crippen LogP contribution in [0.25, 0.3) is 11.0 Å². The van der Waals surface area contributed by atoms with Gasteiger partial charge in [0, 0.05) is 23.4 Å². The Kier molecular flexibility index (Phi) is 4.93. The van der Waals surface area contributed by atoms with Crippen LogP contribution in [0.1, 0.15) is 42.1 Å². The third-order valence-corrected chi connectivity index (χ3v) is 5.01. The summed E-state index contributed by atoms with van der Waals surface area (Å²) >= 11 is 11.8. The van der Waals surface area contributed by atoms with Crippen molar-refractivity contribution in [3.63, 3.8) is 0 Å². The lowest BCUT2D eigenvalue weighted by Gasteiger charge is -2.09. The molecule has 0 saturated heterocycles. The first-order chi connectivity index (χ1) is 13.3. The number of aromatic nitrogens is 4. The van der Waals surface area contributed by atoms with Crippen molar-refractivity contribution in [2.75, 3.05) is 5.32 Å². The maximum atomic E-state index is 13.6. The van der Waals surface area contributed by atoms with Gasteiger partial charge in [-0.25, -0.2) is 23.4 Å². The number of halogens is 4. The van der Waals surface area contributed by atoms with Gasteiger partial charge in [-0.2, -0.15) is 5.10 Å². The zero-order valence-electron chi connectivity index (χ0n) is 14.7. The van der Waals surface area contributed by atoms with Crippen molar-refractivity contribution in [2.45, 2.75) is 38.7 Å². The zero-order valence-corrected chi connectivity index (χ0v) is 16.2. The SMILES string of the molecule is Cc1nn(CC(=O)Nc2ncc(Cl)cc2Cl)c2nc(C3CC3)cc(C(F)F)c12. The van der Waals surface area contributed by atoms with Crippen LogP contribution in [0, 0.1) is 6.92 Å². The number of rotatable bonds is 5. The minimum atomic E-state index is -2.65. The first-order valence-corrected chi connectivity index (χ1v) is 9.36. The van der Waals surface area contributed by atoms with Crippen LogP contribution in [0.15, 0.2) is 18.3 Å². The van der Waals surface area contributed by atoms with E-state index in [1.807, 2.05) is 0 Å². The molecule has 0 unspecified atom stereocenters. The van der Waals surface area contributed by atoms with Gasteiger partial charge in [0.25, 0.3) is 6.43 Å². The van der Waals surface area contributed by atoms with Crippen LogP contribution in [0.5, 0.6) is 0 Å². The van der Waals surface area contributed by atoms with E-state index in [-0.39, 0.29) is 39.9 Å². The lowest BCUT2D eigenvalue weighted by atomic mass is 10.1. The molecule has 10 heteroatoms. The van der Waals surface area contributed by atoms with Crippen molar-refractivity contribution in [1.82, 2.24) is 19.7 Å². The van der Waals surface area contributed by atoms with Crippen molar-refractivity contribution in [3.05, 3.63) is 45.3 Å². The Balaban J connectivity index is 1.67. The van der Waals surface area contributed by atoms with Crippen LogP contribution < -0.4 is 5.32 Å². The van der Waals surface area contributed by atoms with E-state index in [4.69, 9.17) is 23.2 Å². The Labute approximate surface area is 168 Å². The maximum Gasteiger partial charge on any atom is 0.264 e. The number of fused-ring (bicyclic) bond motifs is 1. The highest BCUT2D eigenvalue weighted by molar-refractivity contribution is 6.36. The van der Waals surface area contributed by atoms with E-state index in [2.05, 4.69) is 20.4 Å². The first-order valence-electron chi connectivity index (χ1n) is 8.60. The van der Waals surface area contributed by atoms with E-state index in [1.165, 1.54) is 23.0 Å². The van der Waals surface area contributed by atoms with Crippen LogP contribution in [0.3, 0.4) is 0 Å². The Hall–Kier alpha value is -2.32. The number of hydrogen-bond donors (Lipinski definition) is 1. The van der Waals surface area contributed by atoms with Crippen LogP contribution in [0.2, 0.25) is 10.0 Å². The van der Waals surface area contributed by atoms with Crippen molar-refractivity contribution in [1.29, 1.82) is 0 Å². The standard InChI is InChI=1S/C18H15Cl2F2N5O/c1-8-15-11(16(21)22)5-13(9-2-3-9)24-18(15)27(26-8)7-14(28)25-17-12(20)4-10(19)6-23-17/h4-6,9,16H,2-3,7H2,1H3,(H,23,25,28). The molecule has 0 atom stereocenters. The van der Waals surface area contributed by atoms with Crippen molar-refractivity contribution in [2.24, 2.45) is 0 Å². The molecule has 1 saturated carbocycles. The molecule has 1 N–H and O–H groups in total. The zero-order chi connectivity index (χ0) is 20.0. The van der Waals surface area contributed by atoms with E-state index < -0.39 is 12.3 Å². The van der Waals surface area contributed by atoms with Crippen LogP contribution >= 0.6 is 23.2 Å². The number of carbonyl (C=O) groups excluding carboxylic acids is 1. The Morgan fingerprint density at radius 1 is 1.36 bits per heavy atom. The molecule has 0 radical (unpaired) electrons. The number of carbonyl (C=O) groups is 1.